The largest absolute Gasteiger partial charge is 0.339 e. The predicted molar refractivity (Wildman–Crippen MR) is 97.6 cm³/mol. The van der Waals surface area contributed by atoms with Gasteiger partial charge in [0.2, 0.25) is 14.8 Å². The lowest BCUT2D eigenvalue weighted by molar-refractivity contribution is 0.565. The van der Waals surface area contributed by atoms with Gasteiger partial charge in [-0.1, -0.05) is 36.4 Å². The summed E-state index contributed by atoms with van der Waals surface area (Å²) in [5.74, 6) is 0.151. The number of rotatable bonds is 4. The van der Waals surface area contributed by atoms with E-state index in [9.17, 15) is 8.42 Å². The van der Waals surface area contributed by atoms with Crippen LogP contribution in [0.1, 0.15) is 17.1 Å². The van der Waals surface area contributed by atoms with Crippen molar-refractivity contribution in [1.29, 1.82) is 0 Å². The maximum atomic E-state index is 13.0. The second-order valence-electron chi connectivity index (χ2n) is 5.77. The fourth-order valence-electron chi connectivity index (χ4n) is 3.11. The van der Waals surface area contributed by atoms with Crippen molar-refractivity contribution < 1.29 is 8.42 Å². The minimum Gasteiger partial charge on any atom is -0.339 e. The Balaban J connectivity index is 2.16. The number of hydrogen-bond donors (Lipinski definition) is 2. The second kappa shape index (κ2) is 6.01. The lowest BCUT2D eigenvalue weighted by Gasteiger charge is -2.29. The van der Waals surface area contributed by atoms with Crippen LogP contribution < -0.4 is 5.14 Å². The van der Waals surface area contributed by atoms with Gasteiger partial charge in [-0.2, -0.15) is 0 Å². The van der Waals surface area contributed by atoms with Crippen molar-refractivity contribution in [3.05, 3.63) is 90.1 Å². The average Bonchev–Trinajstić information content (AvgIpc) is 3.07. The molecule has 0 radical (unpaired) electrons. The Hall–Kier alpha value is -3.10. The maximum Gasteiger partial charge on any atom is 0.232 e. The monoisotopic (exact) mass is 365 g/mol. The summed E-state index contributed by atoms with van der Waals surface area (Å²) in [6.45, 7) is 0. The molecule has 0 aliphatic carbocycles. The van der Waals surface area contributed by atoms with Crippen molar-refractivity contribution in [2.24, 2.45) is 5.14 Å². The van der Waals surface area contributed by atoms with E-state index in [1.54, 1.807) is 66.9 Å². The number of aromatic nitrogens is 4. The summed E-state index contributed by atoms with van der Waals surface area (Å²) in [6, 6.07) is 17.3. The van der Waals surface area contributed by atoms with Gasteiger partial charge in [-0.15, -0.1) is 0 Å². The fourth-order valence-corrected chi connectivity index (χ4v) is 4.35. The Bertz CT molecular complexity index is 1090. The smallest absolute Gasteiger partial charge is 0.232 e. The van der Waals surface area contributed by atoms with E-state index in [-0.39, 0.29) is 11.5 Å². The Kier molecular flexibility index (Phi) is 3.78. The molecule has 1 aromatic carbocycles. The topological polar surface area (TPSA) is 115 Å². The van der Waals surface area contributed by atoms with Crippen molar-refractivity contribution >= 4 is 21.2 Å². The van der Waals surface area contributed by atoms with Crippen molar-refractivity contribution in [3.8, 4) is 0 Å². The Morgan fingerprint density at radius 1 is 0.885 bits per heavy atom. The highest BCUT2D eigenvalue weighted by Crippen LogP contribution is 2.40. The van der Waals surface area contributed by atoms with E-state index in [1.807, 2.05) is 0 Å². The summed E-state index contributed by atoms with van der Waals surface area (Å²) in [5.41, 5.74) is 1.72. The number of aromatic amines is 1. The number of imidazole rings is 1. The number of sulfonamides is 1. The molecule has 4 rings (SSSR count). The van der Waals surface area contributed by atoms with Crippen LogP contribution in [0.5, 0.6) is 0 Å². The summed E-state index contributed by atoms with van der Waals surface area (Å²) in [4.78, 5) is 16.0. The molecule has 26 heavy (non-hydrogen) atoms. The zero-order chi connectivity index (χ0) is 18.2. The van der Waals surface area contributed by atoms with Crippen LogP contribution in [0.25, 0.3) is 11.2 Å². The second-order valence-corrected chi connectivity index (χ2v) is 7.47. The molecule has 0 saturated heterocycles. The van der Waals surface area contributed by atoms with Crippen LogP contribution >= 0.6 is 0 Å². The first-order valence-electron chi connectivity index (χ1n) is 7.84. The number of pyridine rings is 2. The van der Waals surface area contributed by atoms with Crippen molar-refractivity contribution in [1.82, 2.24) is 19.9 Å². The zero-order valence-electron chi connectivity index (χ0n) is 13.6. The molecule has 3 heterocycles. The standard InChI is InChI=1S/C18H15N5O2S/c19-26(24,25)18(13-7-2-1-3-8-13,15-10-4-5-11-20-15)17-22-14-9-6-12-21-16(14)23-17/h1-12H,(H2,19,24,25)(H,21,22,23). The number of nitrogens with two attached hydrogens (primary N) is 1. The SMILES string of the molecule is NS(=O)(=O)C(c1ccccc1)(c1ccccn1)c1nc2ncccc2[nH]1. The van der Waals surface area contributed by atoms with Gasteiger partial charge in [0.25, 0.3) is 0 Å². The predicted octanol–water partition coefficient (Wildman–Crippen LogP) is 1.93. The molecular formula is C18H15N5O2S. The van der Waals surface area contributed by atoms with Crippen molar-refractivity contribution in [2.45, 2.75) is 4.75 Å². The third kappa shape index (κ3) is 2.39. The average molecular weight is 365 g/mol. The Morgan fingerprint density at radius 2 is 1.62 bits per heavy atom. The van der Waals surface area contributed by atoms with Gasteiger partial charge in [-0.05, 0) is 29.8 Å². The lowest BCUT2D eigenvalue weighted by Crippen LogP contribution is -2.44. The highest BCUT2D eigenvalue weighted by atomic mass is 32.2. The van der Waals surface area contributed by atoms with E-state index in [0.717, 1.165) is 0 Å². The summed E-state index contributed by atoms with van der Waals surface area (Å²) in [7, 11) is -4.22. The van der Waals surface area contributed by atoms with Crippen molar-refractivity contribution in [2.75, 3.05) is 0 Å². The van der Waals surface area contributed by atoms with Crippen LogP contribution in [0.4, 0.5) is 0 Å². The number of fused-ring (bicyclic) bond motifs is 1. The molecule has 0 fully saturated rings. The molecule has 7 nitrogen and oxygen atoms in total. The first kappa shape index (κ1) is 16.4. The molecular weight excluding hydrogens is 350 g/mol. The van der Waals surface area contributed by atoms with Gasteiger partial charge >= 0.3 is 0 Å². The first-order valence-corrected chi connectivity index (χ1v) is 9.39. The lowest BCUT2D eigenvalue weighted by atomic mass is 9.93. The Morgan fingerprint density at radius 3 is 2.27 bits per heavy atom. The molecule has 3 aromatic heterocycles. The minimum atomic E-state index is -4.22. The van der Waals surface area contributed by atoms with E-state index in [1.165, 1.54) is 6.20 Å². The third-order valence-corrected chi connectivity index (χ3v) is 5.72. The van der Waals surface area contributed by atoms with Crippen LogP contribution in [0.2, 0.25) is 0 Å². The van der Waals surface area contributed by atoms with Gasteiger partial charge in [-0.3, -0.25) is 4.98 Å². The number of hydrogen-bond acceptors (Lipinski definition) is 5. The molecule has 1 unspecified atom stereocenters. The van der Waals surface area contributed by atoms with E-state index < -0.39 is 14.8 Å². The maximum absolute atomic E-state index is 13.0. The Labute approximate surface area is 150 Å². The molecule has 0 bridgehead atoms. The normalized spacial score (nSPS) is 14.2. The van der Waals surface area contributed by atoms with Gasteiger partial charge in [0.05, 0.1) is 11.2 Å². The number of nitrogens with one attached hydrogen (secondary N) is 1. The number of nitrogens with zero attached hydrogens (tertiary/aromatic N) is 3. The molecule has 130 valence electrons. The molecule has 8 heteroatoms. The summed E-state index contributed by atoms with van der Waals surface area (Å²) in [6.07, 6.45) is 3.12. The summed E-state index contributed by atoms with van der Waals surface area (Å²) in [5, 5.41) is 5.78. The molecule has 3 N–H and O–H groups in total. The van der Waals surface area contributed by atoms with Crippen LogP contribution in [-0.2, 0) is 14.8 Å². The number of H-pyrrole nitrogens is 1. The van der Waals surface area contributed by atoms with Crippen LogP contribution in [0.15, 0.2) is 73.1 Å². The molecule has 0 saturated carbocycles. The first-order chi connectivity index (χ1) is 12.5. The molecule has 0 amide bonds. The van der Waals surface area contributed by atoms with Crippen LogP contribution in [0, 0.1) is 0 Å². The van der Waals surface area contributed by atoms with Gasteiger partial charge < -0.3 is 4.98 Å². The fraction of sp³-hybridized carbons (Fsp3) is 0.0556. The summed E-state index contributed by atoms with van der Waals surface area (Å²) < 4.78 is 24.2. The quantitative estimate of drug-likeness (QED) is 0.573. The van der Waals surface area contributed by atoms with Crippen molar-refractivity contribution in [3.63, 3.8) is 0 Å². The minimum absolute atomic E-state index is 0.151. The molecule has 0 spiro atoms. The van der Waals surface area contributed by atoms with Gasteiger partial charge in [0.1, 0.15) is 5.82 Å². The molecule has 1 atom stereocenters. The van der Waals surface area contributed by atoms with E-state index in [4.69, 9.17) is 5.14 Å². The molecule has 4 aromatic rings. The molecule has 0 aliphatic rings. The van der Waals surface area contributed by atoms with Gasteiger partial charge in [0.15, 0.2) is 5.65 Å². The number of benzene rings is 1. The van der Waals surface area contributed by atoms with Gasteiger partial charge in [0, 0.05) is 12.4 Å². The summed E-state index contributed by atoms with van der Waals surface area (Å²) >= 11 is 0. The zero-order valence-corrected chi connectivity index (χ0v) is 14.4. The third-order valence-electron chi connectivity index (χ3n) is 4.22. The highest BCUT2D eigenvalue weighted by Gasteiger charge is 2.51. The number of primary sulfonamides is 1. The van der Waals surface area contributed by atoms with Crippen LogP contribution in [-0.4, -0.2) is 28.4 Å². The van der Waals surface area contributed by atoms with E-state index >= 15 is 0 Å². The van der Waals surface area contributed by atoms with Gasteiger partial charge in [-0.25, -0.2) is 23.5 Å². The highest BCUT2D eigenvalue weighted by molar-refractivity contribution is 7.90. The van der Waals surface area contributed by atoms with Crippen LogP contribution in [0.3, 0.4) is 0 Å². The molecule has 0 aliphatic heterocycles. The van der Waals surface area contributed by atoms with E-state index in [0.29, 0.717) is 16.7 Å². The van der Waals surface area contributed by atoms with E-state index in [2.05, 4.69) is 19.9 Å².